The van der Waals surface area contributed by atoms with E-state index in [1.54, 1.807) is 0 Å². The van der Waals surface area contributed by atoms with E-state index in [0.717, 1.165) is 31.6 Å². The Morgan fingerprint density at radius 1 is 1.44 bits per heavy atom. The molecule has 3 heteroatoms. The number of methoxy groups -OCH3 is 1. The molecule has 2 aliphatic rings. The fraction of sp³-hybridized carbons (Fsp3) is 0.692. The van der Waals surface area contributed by atoms with Crippen molar-refractivity contribution in [2.45, 2.75) is 43.7 Å². The summed E-state index contributed by atoms with van der Waals surface area (Å²) in [5, 5.41) is 3.61. The molecule has 1 saturated carbocycles. The second-order valence-electron chi connectivity index (χ2n) is 4.91. The number of furan rings is 1. The molecule has 0 spiro atoms. The molecule has 1 aromatic rings. The number of rotatable bonds is 2. The van der Waals surface area contributed by atoms with Crippen molar-refractivity contribution in [3.8, 4) is 0 Å². The van der Waals surface area contributed by atoms with Crippen molar-refractivity contribution in [3.63, 3.8) is 0 Å². The molecular weight excluding hydrogens is 202 g/mol. The fourth-order valence-corrected chi connectivity index (χ4v) is 3.30. The lowest BCUT2D eigenvalue weighted by molar-refractivity contribution is -0.0388. The molecule has 0 radical (unpaired) electrons. The van der Waals surface area contributed by atoms with E-state index in [1.165, 1.54) is 18.4 Å². The molecule has 0 aromatic carbocycles. The molecule has 1 atom stereocenters. The van der Waals surface area contributed by atoms with Gasteiger partial charge in [0.1, 0.15) is 5.76 Å². The Bertz CT molecular complexity index is 366. The van der Waals surface area contributed by atoms with Crippen LogP contribution in [-0.4, -0.2) is 19.3 Å². The molecule has 2 heterocycles. The van der Waals surface area contributed by atoms with Gasteiger partial charge in [0.15, 0.2) is 0 Å². The van der Waals surface area contributed by atoms with E-state index in [9.17, 15) is 0 Å². The summed E-state index contributed by atoms with van der Waals surface area (Å²) in [5.41, 5.74) is 1.31. The topological polar surface area (TPSA) is 34.4 Å². The summed E-state index contributed by atoms with van der Waals surface area (Å²) >= 11 is 0. The lowest BCUT2D eigenvalue weighted by Crippen LogP contribution is -2.46. The highest BCUT2D eigenvalue weighted by Gasteiger charge is 2.44. The van der Waals surface area contributed by atoms with Crippen LogP contribution in [0.15, 0.2) is 16.7 Å². The third-order valence-corrected chi connectivity index (χ3v) is 4.17. The zero-order valence-corrected chi connectivity index (χ0v) is 9.79. The molecule has 1 N–H and O–H groups in total. The van der Waals surface area contributed by atoms with Gasteiger partial charge in [-0.25, -0.2) is 0 Å². The van der Waals surface area contributed by atoms with Gasteiger partial charge >= 0.3 is 0 Å². The average molecular weight is 221 g/mol. The lowest BCUT2D eigenvalue weighted by atomic mass is 9.84. The minimum absolute atomic E-state index is 0.000949. The highest BCUT2D eigenvalue weighted by molar-refractivity contribution is 5.28. The van der Waals surface area contributed by atoms with Gasteiger partial charge in [-0.2, -0.15) is 0 Å². The van der Waals surface area contributed by atoms with Crippen molar-refractivity contribution in [2.24, 2.45) is 0 Å². The first-order valence-electron chi connectivity index (χ1n) is 6.20. The third kappa shape index (κ3) is 1.42. The molecule has 3 nitrogen and oxygen atoms in total. The van der Waals surface area contributed by atoms with Gasteiger partial charge in [-0.3, -0.25) is 0 Å². The fourth-order valence-electron chi connectivity index (χ4n) is 3.30. The standard InChI is InChI=1S/C13H19NO2/c1-15-13(6-2-3-7-13)12-10-5-9-16-11(10)4-8-14-12/h5,9,12,14H,2-4,6-8H2,1H3. The van der Waals surface area contributed by atoms with E-state index in [-0.39, 0.29) is 5.60 Å². The third-order valence-electron chi connectivity index (χ3n) is 4.17. The quantitative estimate of drug-likeness (QED) is 0.833. The van der Waals surface area contributed by atoms with Crippen LogP contribution in [0.4, 0.5) is 0 Å². The Kier molecular flexibility index (Phi) is 2.52. The Balaban J connectivity index is 1.96. The van der Waals surface area contributed by atoms with Crippen molar-refractivity contribution < 1.29 is 9.15 Å². The SMILES string of the molecule is COC1(C2NCCc3occc32)CCCC1. The van der Waals surface area contributed by atoms with Gasteiger partial charge in [-0.05, 0) is 18.9 Å². The van der Waals surface area contributed by atoms with Crippen molar-refractivity contribution in [1.82, 2.24) is 5.32 Å². The first kappa shape index (κ1) is 10.4. The maximum atomic E-state index is 5.86. The van der Waals surface area contributed by atoms with Gasteiger partial charge in [-0.1, -0.05) is 12.8 Å². The molecule has 0 amide bonds. The smallest absolute Gasteiger partial charge is 0.109 e. The number of fused-ring (bicyclic) bond motifs is 1. The molecule has 1 aromatic heterocycles. The van der Waals surface area contributed by atoms with E-state index in [0.29, 0.717) is 6.04 Å². The van der Waals surface area contributed by atoms with Crippen LogP contribution >= 0.6 is 0 Å². The predicted molar refractivity (Wildman–Crippen MR) is 61.4 cm³/mol. The van der Waals surface area contributed by atoms with Crippen molar-refractivity contribution >= 4 is 0 Å². The molecule has 16 heavy (non-hydrogen) atoms. The zero-order chi connectivity index (χ0) is 11.0. The second kappa shape index (κ2) is 3.90. The van der Waals surface area contributed by atoms with Crippen LogP contribution in [0, 0.1) is 0 Å². The molecule has 1 aliphatic carbocycles. The van der Waals surface area contributed by atoms with Crippen LogP contribution in [0.1, 0.15) is 43.0 Å². The van der Waals surface area contributed by atoms with Crippen molar-refractivity contribution in [2.75, 3.05) is 13.7 Å². The van der Waals surface area contributed by atoms with Crippen LogP contribution in [0.2, 0.25) is 0 Å². The molecule has 0 bridgehead atoms. The summed E-state index contributed by atoms with van der Waals surface area (Å²) < 4.78 is 11.4. The molecular formula is C13H19NO2. The largest absolute Gasteiger partial charge is 0.469 e. The van der Waals surface area contributed by atoms with E-state index in [2.05, 4.69) is 11.4 Å². The van der Waals surface area contributed by atoms with Gasteiger partial charge in [0.2, 0.25) is 0 Å². The highest BCUT2D eigenvalue weighted by Crippen LogP contribution is 2.44. The molecule has 3 rings (SSSR count). The van der Waals surface area contributed by atoms with Gasteiger partial charge in [-0.15, -0.1) is 0 Å². The molecule has 0 saturated heterocycles. The van der Waals surface area contributed by atoms with Crippen LogP contribution in [0.3, 0.4) is 0 Å². The first-order chi connectivity index (χ1) is 7.86. The zero-order valence-electron chi connectivity index (χ0n) is 9.79. The van der Waals surface area contributed by atoms with Crippen LogP contribution in [0.25, 0.3) is 0 Å². The predicted octanol–water partition coefficient (Wildman–Crippen LogP) is 2.43. The summed E-state index contributed by atoms with van der Waals surface area (Å²) in [4.78, 5) is 0. The maximum Gasteiger partial charge on any atom is 0.109 e. The summed E-state index contributed by atoms with van der Waals surface area (Å²) in [6, 6.07) is 2.42. The van der Waals surface area contributed by atoms with Crippen LogP contribution in [0.5, 0.6) is 0 Å². The Hall–Kier alpha value is -0.800. The van der Waals surface area contributed by atoms with Crippen LogP contribution < -0.4 is 5.32 Å². The second-order valence-corrected chi connectivity index (χ2v) is 4.91. The summed E-state index contributed by atoms with van der Waals surface area (Å²) in [7, 11) is 1.85. The van der Waals surface area contributed by atoms with E-state index < -0.39 is 0 Å². The monoisotopic (exact) mass is 221 g/mol. The Labute approximate surface area is 96.2 Å². The Morgan fingerprint density at radius 3 is 3.00 bits per heavy atom. The van der Waals surface area contributed by atoms with E-state index in [1.807, 2.05) is 13.4 Å². The number of hydrogen-bond acceptors (Lipinski definition) is 3. The summed E-state index contributed by atoms with van der Waals surface area (Å²) in [6.07, 6.45) is 7.68. The van der Waals surface area contributed by atoms with Crippen molar-refractivity contribution in [3.05, 3.63) is 23.7 Å². The molecule has 1 fully saturated rings. The van der Waals surface area contributed by atoms with Gasteiger partial charge in [0.05, 0.1) is 17.9 Å². The van der Waals surface area contributed by atoms with Crippen LogP contribution in [-0.2, 0) is 11.2 Å². The maximum absolute atomic E-state index is 5.86. The van der Waals surface area contributed by atoms with Crippen molar-refractivity contribution in [1.29, 1.82) is 0 Å². The summed E-state index contributed by atoms with van der Waals surface area (Å²) in [6.45, 7) is 0.996. The number of hydrogen-bond donors (Lipinski definition) is 1. The normalized spacial score (nSPS) is 27.9. The first-order valence-corrected chi connectivity index (χ1v) is 6.20. The molecule has 1 aliphatic heterocycles. The lowest BCUT2D eigenvalue weighted by Gasteiger charge is -2.39. The number of nitrogens with one attached hydrogen (secondary N) is 1. The van der Waals surface area contributed by atoms with Gasteiger partial charge in [0, 0.05) is 25.6 Å². The molecule has 88 valence electrons. The molecule has 1 unspecified atom stereocenters. The summed E-state index contributed by atoms with van der Waals surface area (Å²) in [5.74, 6) is 1.15. The van der Waals surface area contributed by atoms with E-state index in [4.69, 9.17) is 9.15 Å². The minimum Gasteiger partial charge on any atom is -0.469 e. The van der Waals surface area contributed by atoms with Gasteiger partial charge < -0.3 is 14.5 Å². The number of ether oxygens (including phenoxy) is 1. The highest BCUT2D eigenvalue weighted by atomic mass is 16.5. The average Bonchev–Trinajstić information content (AvgIpc) is 2.98. The minimum atomic E-state index is -0.000949. The van der Waals surface area contributed by atoms with Gasteiger partial charge in [0.25, 0.3) is 0 Å². The van der Waals surface area contributed by atoms with E-state index >= 15 is 0 Å². The Morgan fingerprint density at radius 2 is 2.25 bits per heavy atom.